The SMILES string of the molecule is CCn1c(CCCCCNC(=O)Cc2ccccc2)nc2ccccc21. The number of carbonyl (C=O) groups is 1. The van der Waals surface area contributed by atoms with E-state index in [1.54, 1.807) is 0 Å². The van der Waals surface area contributed by atoms with Crippen LogP contribution in [0.3, 0.4) is 0 Å². The first-order valence-electron chi connectivity index (χ1n) is 9.52. The van der Waals surface area contributed by atoms with Crippen LogP contribution in [0, 0.1) is 0 Å². The number of fused-ring (bicyclic) bond motifs is 1. The molecule has 1 heterocycles. The molecule has 1 N–H and O–H groups in total. The van der Waals surface area contributed by atoms with Crippen molar-refractivity contribution in [2.24, 2.45) is 0 Å². The highest BCUT2D eigenvalue weighted by Gasteiger charge is 2.08. The van der Waals surface area contributed by atoms with Gasteiger partial charge in [0.2, 0.25) is 5.91 Å². The van der Waals surface area contributed by atoms with Gasteiger partial charge in [-0.3, -0.25) is 4.79 Å². The van der Waals surface area contributed by atoms with Gasteiger partial charge >= 0.3 is 0 Å². The average Bonchev–Trinajstić information content (AvgIpc) is 3.02. The molecule has 3 rings (SSSR count). The Morgan fingerprint density at radius 1 is 1.00 bits per heavy atom. The summed E-state index contributed by atoms with van der Waals surface area (Å²) < 4.78 is 2.30. The molecule has 0 radical (unpaired) electrons. The first-order valence-corrected chi connectivity index (χ1v) is 9.52. The Morgan fingerprint density at radius 2 is 1.77 bits per heavy atom. The molecule has 0 aliphatic rings. The molecule has 2 aromatic carbocycles. The molecule has 1 aromatic heterocycles. The number of nitrogens with zero attached hydrogens (tertiary/aromatic N) is 2. The molecule has 0 aliphatic heterocycles. The maximum Gasteiger partial charge on any atom is 0.224 e. The topological polar surface area (TPSA) is 46.9 Å². The van der Waals surface area contributed by atoms with E-state index in [-0.39, 0.29) is 5.91 Å². The fraction of sp³-hybridized carbons (Fsp3) is 0.364. The van der Waals surface area contributed by atoms with Crippen molar-refractivity contribution in [3.05, 3.63) is 66.0 Å². The maximum atomic E-state index is 11.9. The second-order valence-corrected chi connectivity index (χ2v) is 6.58. The molecular weight excluding hydrogens is 322 g/mol. The van der Waals surface area contributed by atoms with Crippen LogP contribution in [0.15, 0.2) is 54.6 Å². The van der Waals surface area contributed by atoms with Gasteiger partial charge in [0.1, 0.15) is 5.82 Å². The Hall–Kier alpha value is -2.62. The third kappa shape index (κ3) is 4.72. The Balaban J connectivity index is 1.38. The van der Waals surface area contributed by atoms with E-state index in [1.165, 1.54) is 11.3 Å². The molecule has 0 spiro atoms. The van der Waals surface area contributed by atoms with Crippen LogP contribution in [0.4, 0.5) is 0 Å². The maximum absolute atomic E-state index is 11.9. The van der Waals surface area contributed by atoms with Crippen LogP contribution in [0.2, 0.25) is 0 Å². The standard InChI is InChI=1S/C22H27N3O/c1-2-25-20-14-9-8-13-19(20)24-21(25)15-7-4-10-16-23-22(26)17-18-11-5-3-6-12-18/h3,5-6,8-9,11-14H,2,4,7,10,15-17H2,1H3,(H,23,26). The minimum Gasteiger partial charge on any atom is -0.356 e. The van der Waals surface area contributed by atoms with Crippen molar-refractivity contribution >= 4 is 16.9 Å². The van der Waals surface area contributed by atoms with Gasteiger partial charge in [0.15, 0.2) is 0 Å². The summed E-state index contributed by atoms with van der Waals surface area (Å²) in [6, 6.07) is 18.2. The second-order valence-electron chi connectivity index (χ2n) is 6.58. The van der Waals surface area contributed by atoms with Crippen molar-refractivity contribution in [3.63, 3.8) is 0 Å². The van der Waals surface area contributed by atoms with Crippen molar-refractivity contribution in [1.82, 2.24) is 14.9 Å². The largest absolute Gasteiger partial charge is 0.356 e. The number of imidazole rings is 1. The number of hydrogen-bond acceptors (Lipinski definition) is 2. The molecule has 4 nitrogen and oxygen atoms in total. The fourth-order valence-corrected chi connectivity index (χ4v) is 3.33. The number of amides is 1. The molecular formula is C22H27N3O. The zero-order chi connectivity index (χ0) is 18.2. The number of benzene rings is 2. The molecule has 26 heavy (non-hydrogen) atoms. The van der Waals surface area contributed by atoms with Gasteiger partial charge in [-0.25, -0.2) is 4.98 Å². The highest BCUT2D eigenvalue weighted by atomic mass is 16.1. The lowest BCUT2D eigenvalue weighted by atomic mass is 10.1. The minimum atomic E-state index is 0.101. The van der Waals surface area contributed by atoms with E-state index < -0.39 is 0 Å². The lowest BCUT2D eigenvalue weighted by Gasteiger charge is -2.07. The fourth-order valence-electron chi connectivity index (χ4n) is 3.33. The highest BCUT2D eigenvalue weighted by molar-refractivity contribution is 5.78. The summed E-state index contributed by atoms with van der Waals surface area (Å²) in [5.41, 5.74) is 3.36. The van der Waals surface area contributed by atoms with E-state index >= 15 is 0 Å². The Bertz CT molecular complexity index is 839. The quantitative estimate of drug-likeness (QED) is 0.591. The predicted molar refractivity (Wildman–Crippen MR) is 106 cm³/mol. The van der Waals surface area contributed by atoms with E-state index in [0.29, 0.717) is 6.42 Å². The van der Waals surface area contributed by atoms with Crippen LogP contribution in [0.25, 0.3) is 11.0 Å². The summed E-state index contributed by atoms with van der Waals surface area (Å²) in [6.07, 6.45) is 4.64. The van der Waals surface area contributed by atoms with E-state index in [4.69, 9.17) is 4.98 Å². The van der Waals surface area contributed by atoms with Crippen LogP contribution in [0.5, 0.6) is 0 Å². The third-order valence-corrected chi connectivity index (χ3v) is 4.66. The van der Waals surface area contributed by atoms with E-state index in [9.17, 15) is 4.79 Å². The molecule has 0 aliphatic carbocycles. The summed E-state index contributed by atoms with van der Waals surface area (Å²) in [5, 5.41) is 3.01. The zero-order valence-electron chi connectivity index (χ0n) is 15.4. The normalized spacial score (nSPS) is 11.0. The molecule has 0 saturated carbocycles. The van der Waals surface area contributed by atoms with Gasteiger partial charge in [-0.15, -0.1) is 0 Å². The molecule has 0 saturated heterocycles. The van der Waals surface area contributed by atoms with Crippen molar-refractivity contribution < 1.29 is 4.79 Å². The van der Waals surface area contributed by atoms with Crippen LogP contribution >= 0.6 is 0 Å². The second kappa shape index (κ2) is 9.18. The molecule has 0 unspecified atom stereocenters. The summed E-state index contributed by atoms with van der Waals surface area (Å²) in [5.74, 6) is 1.27. The smallest absolute Gasteiger partial charge is 0.224 e. The average molecular weight is 349 g/mol. The van der Waals surface area contributed by atoms with Gasteiger partial charge < -0.3 is 9.88 Å². The van der Waals surface area contributed by atoms with E-state index in [2.05, 4.69) is 35.0 Å². The molecule has 136 valence electrons. The monoisotopic (exact) mass is 349 g/mol. The number of rotatable bonds is 9. The Morgan fingerprint density at radius 3 is 2.58 bits per heavy atom. The minimum absolute atomic E-state index is 0.101. The number of hydrogen-bond donors (Lipinski definition) is 1. The summed E-state index contributed by atoms with van der Waals surface area (Å²) in [4.78, 5) is 16.7. The van der Waals surface area contributed by atoms with Crippen molar-refractivity contribution in [2.45, 2.75) is 45.6 Å². The van der Waals surface area contributed by atoms with Gasteiger partial charge in [0.05, 0.1) is 17.5 Å². The number of aromatic nitrogens is 2. The first-order chi connectivity index (χ1) is 12.8. The molecule has 0 bridgehead atoms. The van der Waals surface area contributed by atoms with Crippen LogP contribution in [0.1, 0.15) is 37.6 Å². The Kier molecular flexibility index (Phi) is 6.42. The molecule has 1 amide bonds. The summed E-state index contributed by atoms with van der Waals surface area (Å²) in [7, 11) is 0. The molecule has 0 atom stereocenters. The number of aryl methyl sites for hydroxylation is 2. The highest BCUT2D eigenvalue weighted by Crippen LogP contribution is 2.17. The first kappa shape index (κ1) is 18.2. The van der Waals surface area contributed by atoms with Crippen LogP contribution < -0.4 is 5.32 Å². The van der Waals surface area contributed by atoms with Crippen LogP contribution in [-0.4, -0.2) is 22.0 Å². The summed E-state index contributed by atoms with van der Waals surface area (Å²) >= 11 is 0. The molecule has 4 heteroatoms. The third-order valence-electron chi connectivity index (χ3n) is 4.66. The number of carbonyl (C=O) groups excluding carboxylic acids is 1. The number of para-hydroxylation sites is 2. The van der Waals surface area contributed by atoms with Gasteiger partial charge in [0, 0.05) is 19.5 Å². The van der Waals surface area contributed by atoms with Crippen molar-refractivity contribution in [2.75, 3.05) is 6.54 Å². The van der Waals surface area contributed by atoms with Crippen molar-refractivity contribution in [1.29, 1.82) is 0 Å². The van der Waals surface area contributed by atoms with E-state index in [0.717, 1.165) is 49.9 Å². The Labute approximate surface area is 155 Å². The van der Waals surface area contributed by atoms with Crippen molar-refractivity contribution in [3.8, 4) is 0 Å². The lowest BCUT2D eigenvalue weighted by molar-refractivity contribution is -0.120. The van der Waals surface area contributed by atoms with Gasteiger partial charge in [-0.1, -0.05) is 48.9 Å². The lowest BCUT2D eigenvalue weighted by Crippen LogP contribution is -2.26. The number of unbranched alkanes of at least 4 members (excludes halogenated alkanes) is 2. The van der Waals surface area contributed by atoms with Gasteiger partial charge in [-0.2, -0.15) is 0 Å². The zero-order valence-corrected chi connectivity index (χ0v) is 15.4. The van der Waals surface area contributed by atoms with E-state index in [1.807, 2.05) is 36.4 Å². The van der Waals surface area contributed by atoms with Gasteiger partial charge in [0.25, 0.3) is 0 Å². The molecule has 0 fully saturated rings. The predicted octanol–water partition coefficient (Wildman–Crippen LogP) is 4.13. The number of nitrogens with one attached hydrogen (secondary N) is 1. The van der Waals surface area contributed by atoms with Gasteiger partial charge in [-0.05, 0) is 37.5 Å². The summed E-state index contributed by atoms with van der Waals surface area (Å²) in [6.45, 7) is 3.86. The molecule has 3 aromatic rings. The van der Waals surface area contributed by atoms with Crippen LogP contribution in [-0.2, 0) is 24.2 Å².